The van der Waals surface area contributed by atoms with Crippen molar-refractivity contribution >= 4 is 21.6 Å². The predicted molar refractivity (Wildman–Crippen MR) is 135 cm³/mol. The number of aromatic nitrogens is 2. The van der Waals surface area contributed by atoms with E-state index >= 15 is 0 Å². The fourth-order valence-corrected chi connectivity index (χ4v) is 5.48. The number of benzene rings is 2. The molecular formula is C25H30FN5O5S. The van der Waals surface area contributed by atoms with Crippen molar-refractivity contribution in [2.24, 2.45) is 5.92 Å². The van der Waals surface area contributed by atoms with E-state index in [1.165, 1.54) is 37.4 Å². The van der Waals surface area contributed by atoms with E-state index in [0.29, 0.717) is 42.5 Å². The van der Waals surface area contributed by atoms with Gasteiger partial charge in [0.05, 0.1) is 30.2 Å². The second-order valence-electron chi connectivity index (χ2n) is 9.22. The van der Waals surface area contributed by atoms with Crippen LogP contribution in [-0.4, -0.2) is 55.6 Å². The van der Waals surface area contributed by atoms with Gasteiger partial charge in [-0.05, 0) is 75.7 Å². The van der Waals surface area contributed by atoms with Crippen molar-refractivity contribution < 1.29 is 26.9 Å². The number of carbonyl (C=O) groups excluding carboxylic acids is 1. The van der Waals surface area contributed by atoms with Gasteiger partial charge in [-0.3, -0.25) is 9.69 Å². The lowest BCUT2D eigenvalue weighted by molar-refractivity contribution is -0.121. The Bertz CT molecular complexity index is 1340. The van der Waals surface area contributed by atoms with Crippen LogP contribution in [-0.2, 0) is 21.4 Å². The summed E-state index contributed by atoms with van der Waals surface area (Å²) in [4.78, 5) is 19.6. The Morgan fingerprint density at radius 2 is 2.00 bits per heavy atom. The average Bonchev–Trinajstić information content (AvgIpc) is 3.32. The largest absolute Gasteiger partial charge is 0.495 e. The van der Waals surface area contributed by atoms with Gasteiger partial charge in [-0.15, -0.1) is 0 Å². The van der Waals surface area contributed by atoms with Crippen molar-refractivity contribution in [3.63, 3.8) is 0 Å². The number of carbonyl (C=O) groups is 1. The average molecular weight is 532 g/mol. The molecule has 0 aliphatic carbocycles. The number of nitrogens with one attached hydrogen (secondary N) is 2. The molecule has 1 unspecified atom stereocenters. The Morgan fingerprint density at radius 3 is 2.70 bits per heavy atom. The zero-order valence-electron chi connectivity index (χ0n) is 20.9. The first-order valence-corrected chi connectivity index (χ1v) is 13.4. The second-order valence-corrected chi connectivity index (χ2v) is 10.9. The maximum absolute atomic E-state index is 13.2. The van der Waals surface area contributed by atoms with Gasteiger partial charge in [-0.1, -0.05) is 5.16 Å². The molecule has 10 nitrogen and oxygen atoms in total. The van der Waals surface area contributed by atoms with E-state index in [1.807, 2.05) is 0 Å². The highest BCUT2D eigenvalue weighted by atomic mass is 32.2. The van der Waals surface area contributed by atoms with Gasteiger partial charge < -0.3 is 14.6 Å². The van der Waals surface area contributed by atoms with Gasteiger partial charge in [0.15, 0.2) is 0 Å². The summed E-state index contributed by atoms with van der Waals surface area (Å²) in [5.74, 6) is 0.235. The van der Waals surface area contributed by atoms with Crippen molar-refractivity contribution in [1.29, 1.82) is 0 Å². The number of rotatable bonds is 9. The summed E-state index contributed by atoms with van der Waals surface area (Å²) in [6.45, 7) is 5.06. The molecular weight excluding hydrogens is 501 g/mol. The van der Waals surface area contributed by atoms with Crippen molar-refractivity contribution in [2.45, 2.75) is 44.2 Å². The number of ether oxygens (including phenoxy) is 1. The van der Waals surface area contributed by atoms with E-state index in [4.69, 9.17) is 9.26 Å². The third-order valence-electron chi connectivity index (χ3n) is 5.94. The molecule has 1 saturated heterocycles. The molecule has 0 radical (unpaired) electrons. The van der Waals surface area contributed by atoms with Crippen molar-refractivity contribution in [1.82, 2.24) is 19.8 Å². The van der Waals surface area contributed by atoms with Gasteiger partial charge in [-0.2, -0.15) is 4.98 Å². The lowest BCUT2D eigenvalue weighted by Crippen LogP contribution is -2.40. The first-order valence-electron chi connectivity index (χ1n) is 12.0. The first-order chi connectivity index (χ1) is 17.6. The maximum Gasteiger partial charge on any atom is 0.241 e. The minimum absolute atomic E-state index is 0.0379. The Hall–Kier alpha value is -3.35. The number of amides is 1. The van der Waals surface area contributed by atoms with Gasteiger partial charge in [0.2, 0.25) is 27.6 Å². The summed E-state index contributed by atoms with van der Waals surface area (Å²) in [7, 11) is -2.28. The Labute approximate surface area is 215 Å². The summed E-state index contributed by atoms with van der Waals surface area (Å²) in [6.07, 6.45) is 1.48. The third kappa shape index (κ3) is 6.70. The minimum atomic E-state index is -3.74. The SMILES string of the molecule is COc1ccc(S(=O)(=O)NC(C)C)cc1NC(=O)C1CCCN(Cc2nc(-c3ccc(F)cc3)no2)C1. The molecule has 1 aliphatic rings. The smallest absolute Gasteiger partial charge is 0.241 e. The lowest BCUT2D eigenvalue weighted by Gasteiger charge is -2.31. The zero-order valence-corrected chi connectivity index (χ0v) is 21.7. The number of halogens is 1. The molecule has 37 heavy (non-hydrogen) atoms. The highest BCUT2D eigenvalue weighted by Gasteiger charge is 2.28. The lowest BCUT2D eigenvalue weighted by atomic mass is 9.97. The van der Waals surface area contributed by atoms with Gasteiger partial charge in [0.1, 0.15) is 11.6 Å². The van der Waals surface area contributed by atoms with Crippen molar-refractivity contribution in [3.8, 4) is 17.1 Å². The monoisotopic (exact) mass is 531 g/mol. The number of nitrogens with zero attached hydrogens (tertiary/aromatic N) is 3. The first kappa shape index (κ1) is 26.7. The summed E-state index contributed by atoms with van der Waals surface area (Å²) >= 11 is 0. The molecule has 0 spiro atoms. The van der Waals surface area contributed by atoms with E-state index in [2.05, 4.69) is 25.1 Å². The third-order valence-corrected chi connectivity index (χ3v) is 7.59. The van der Waals surface area contributed by atoms with Gasteiger partial charge in [-0.25, -0.2) is 17.5 Å². The van der Waals surface area contributed by atoms with Crippen LogP contribution in [0.1, 0.15) is 32.6 Å². The number of methoxy groups -OCH3 is 1. The molecule has 1 aliphatic heterocycles. The summed E-state index contributed by atoms with van der Waals surface area (Å²) in [5.41, 5.74) is 0.936. The molecule has 1 fully saturated rings. The quantitative estimate of drug-likeness (QED) is 0.430. The van der Waals surface area contributed by atoms with Gasteiger partial charge in [0.25, 0.3) is 0 Å². The molecule has 0 saturated carbocycles. The number of sulfonamides is 1. The normalized spacial score (nSPS) is 16.6. The van der Waals surface area contributed by atoms with Crippen LogP contribution in [0, 0.1) is 11.7 Å². The Kier molecular flexibility index (Phi) is 8.20. The number of hydrogen-bond acceptors (Lipinski definition) is 8. The van der Waals surface area contributed by atoms with Crippen LogP contribution in [0.2, 0.25) is 0 Å². The number of likely N-dealkylation sites (tertiary alicyclic amines) is 1. The molecule has 2 heterocycles. The summed E-state index contributed by atoms with van der Waals surface area (Å²) in [6, 6.07) is 9.91. The van der Waals surface area contributed by atoms with Crippen molar-refractivity contribution in [3.05, 3.63) is 54.2 Å². The summed E-state index contributed by atoms with van der Waals surface area (Å²) < 4.78 is 51.6. The zero-order chi connectivity index (χ0) is 26.6. The van der Waals surface area contributed by atoms with Crippen LogP contribution < -0.4 is 14.8 Å². The fraction of sp³-hybridized carbons (Fsp3) is 0.400. The molecule has 3 aromatic rings. The van der Waals surface area contributed by atoms with E-state index in [9.17, 15) is 17.6 Å². The van der Waals surface area contributed by atoms with E-state index < -0.39 is 10.0 Å². The minimum Gasteiger partial charge on any atom is -0.495 e. The van der Waals surface area contributed by atoms with Crippen molar-refractivity contribution in [2.75, 3.05) is 25.5 Å². The molecule has 1 amide bonds. The van der Waals surface area contributed by atoms with E-state index in [-0.39, 0.29) is 34.3 Å². The Morgan fingerprint density at radius 1 is 1.24 bits per heavy atom. The maximum atomic E-state index is 13.2. The van der Waals surface area contributed by atoms with Crippen LogP contribution >= 0.6 is 0 Å². The van der Waals surface area contributed by atoms with Gasteiger partial charge in [0, 0.05) is 18.2 Å². The van der Waals surface area contributed by atoms with Crippen LogP contribution in [0.4, 0.5) is 10.1 Å². The second kappa shape index (κ2) is 11.4. The van der Waals surface area contributed by atoms with E-state index in [1.54, 1.807) is 26.0 Å². The highest BCUT2D eigenvalue weighted by molar-refractivity contribution is 7.89. The van der Waals surface area contributed by atoms with Crippen LogP contribution in [0.3, 0.4) is 0 Å². The van der Waals surface area contributed by atoms with Gasteiger partial charge >= 0.3 is 0 Å². The number of anilines is 1. The van der Waals surface area contributed by atoms with Crippen LogP contribution in [0.5, 0.6) is 5.75 Å². The number of hydrogen-bond donors (Lipinski definition) is 2. The molecule has 1 aromatic heterocycles. The molecule has 0 bridgehead atoms. The number of piperidine rings is 1. The predicted octanol–water partition coefficient (Wildman–Crippen LogP) is 3.42. The highest BCUT2D eigenvalue weighted by Crippen LogP contribution is 2.29. The molecule has 1 atom stereocenters. The van der Waals surface area contributed by atoms with Crippen LogP contribution in [0.15, 0.2) is 51.9 Å². The molecule has 12 heteroatoms. The topological polar surface area (TPSA) is 127 Å². The molecule has 4 rings (SSSR count). The molecule has 2 aromatic carbocycles. The standard InChI is InChI=1S/C25H30FN5O5S/c1-16(2)30-37(33,34)20-10-11-22(35-3)21(13-20)27-25(32)18-5-4-12-31(14-18)15-23-28-24(29-36-23)17-6-8-19(26)9-7-17/h6-11,13,16,18,30H,4-5,12,14-15H2,1-3H3,(H,27,32). The Balaban J connectivity index is 1.42. The molecule has 2 N–H and O–H groups in total. The summed E-state index contributed by atoms with van der Waals surface area (Å²) in [5, 5.41) is 6.82. The fourth-order valence-electron chi connectivity index (χ4n) is 4.20. The van der Waals surface area contributed by atoms with E-state index in [0.717, 1.165) is 13.0 Å². The van der Waals surface area contributed by atoms with Crippen LogP contribution in [0.25, 0.3) is 11.4 Å². The molecule has 198 valence electrons.